The molecule has 1 N–H and O–H groups in total. The van der Waals surface area contributed by atoms with Crippen LogP contribution in [0.25, 0.3) is 5.78 Å². The first-order valence-electron chi connectivity index (χ1n) is 5.08. The standard InChI is InChI=1S/C10H14N4O2/c1-5(2)7-6(3)14-9(11-8(7)15)12-10(13-14)16-4/h5H,1-4H3,(H,11,12,13,15). The van der Waals surface area contributed by atoms with Crippen LogP contribution in [0.15, 0.2) is 4.79 Å². The fourth-order valence-electron chi connectivity index (χ4n) is 1.82. The molecule has 0 spiro atoms. The summed E-state index contributed by atoms with van der Waals surface area (Å²) >= 11 is 0. The summed E-state index contributed by atoms with van der Waals surface area (Å²) in [6, 6.07) is 0.250. The van der Waals surface area contributed by atoms with Gasteiger partial charge in [0, 0.05) is 5.56 Å². The van der Waals surface area contributed by atoms with E-state index in [9.17, 15) is 4.79 Å². The lowest BCUT2D eigenvalue weighted by Gasteiger charge is -2.08. The van der Waals surface area contributed by atoms with Gasteiger partial charge in [0.05, 0.1) is 12.8 Å². The molecule has 6 heteroatoms. The van der Waals surface area contributed by atoms with Crippen molar-refractivity contribution in [2.24, 2.45) is 0 Å². The molecule has 0 aliphatic carbocycles. The largest absolute Gasteiger partial charge is 0.466 e. The molecule has 2 heterocycles. The molecule has 0 fully saturated rings. The molecule has 0 amide bonds. The number of rotatable bonds is 2. The minimum absolute atomic E-state index is 0.116. The number of aryl methyl sites for hydroxylation is 1. The quantitative estimate of drug-likeness (QED) is 0.817. The summed E-state index contributed by atoms with van der Waals surface area (Å²) in [5.41, 5.74) is 1.40. The number of hydrogen-bond acceptors (Lipinski definition) is 4. The Kier molecular flexibility index (Phi) is 2.41. The van der Waals surface area contributed by atoms with E-state index in [-0.39, 0.29) is 17.5 Å². The monoisotopic (exact) mass is 222 g/mol. The summed E-state index contributed by atoms with van der Waals surface area (Å²) in [5.74, 6) is 0.548. The number of hydrogen-bond donors (Lipinski definition) is 1. The van der Waals surface area contributed by atoms with Gasteiger partial charge in [-0.15, -0.1) is 5.10 Å². The second-order valence-corrected chi connectivity index (χ2v) is 3.94. The average Bonchev–Trinajstić information content (AvgIpc) is 2.60. The van der Waals surface area contributed by atoms with Gasteiger partial charge >= 0.3 is 6.01 Å². The second-order valence-electron chi connectivity index (χ2n) is 3.94. The highest BCUT2D eigenvalue weighted by atomic mass is 16.5. The zero-order chi connectivity index (χ0) is 11.9. The van der Waals surface area contributed by atoms with Crippen LogP contribution in [-0.2, 0) is 0 Å². The molecule has 86 valence electrons. The smallest absolute Gasteiger partial charge is 0.337 e. The van der Waals surface area contributed by atoms with E-state index in [2.05, 4.69) is 15.1 Å². The molecule has 0 aromatic carbocycles. The van der Waals surface area contributed by atoms with Crippen LogP contribution >= 0.6 is 0 Å². The van der Waals surface area contributed by atoms with Gasteiger partial charge < -0.3 is 4.74 Å². The normalized spacial score (nSPS) is 11.3. The van der Waals surface area contributed by atoms with Gasteiger partial charge in [-0.1, -0.05) is 13.8 Å². The van der Waals surface area contributed by atoms with Gasteiger partial charge in [0.15, 0.2) is 0 Å². The molecule has 0 radical (unpaired) electrons. The Labute approximate surface area is 92.3 Å². The maximum absolute atomic E-state index is 11.8. The fourth-order valence-corrected chi connectivity index (χ4v) is 1.82. The van der Waals surface area contributed by atoms with Crippen LogP contribution in [-0.4, -0.2) is 26.7 Å². The summed E-state index contributed by atoms with van der Waals surface area (Å²) in [6.45, 7) is 5.79. The number of methoxy groups -OCH3 is 1. The molecule has 0 saturated heterocycles. The third-order valence-corrected chi connectivity index (χ3v) is 2.53. The fraction of sp³-hybridized carbons (Fsp3) is 0.500. The van der Waals surface area contributed by atoms with E-state index in [0.717, 1.165) is 11.3 Å². The van der Waals surface area contributed by atoms with Gasteiger partial charge in [-0.2, -0.15) is 9.50 Å². The molecule has 0 aliphatic heterocycles. The molecular formula is C10H14N4O2. The average molecular weight is 222 g/mol. The summed E-state index contributed by atoms with van der Waals surface area (Å²) in [4.78, 5) is 18.5. The highest BCUT2D eigenvalue weighted by Crippen LogP contribution is 2.15. The van der Waals surface area contributed by atoms with Crippen LogP contribution in [0.3, 0.4) is 0 Å². The summed E-state index contributed by atoms with van der Waals surface area (Å²) < 4.78 is 6.52. The van der Waals surface area contributed by atoms with Crippen molar-refractivity contribution in [3.63, 3.8) is 0 Å². The molecular weight excluding hydrogens is 208 g/mol. The Bertz CT molecular complexity index is 582. The number of H-pyrrole nitrogens is 1. The van der Waals surface area contributed by atoms with Gasteiger partial charge in [-0.25, -0.2) is 0 Å². The predicted molar refractivity (Wildman–Crippen MR) is 59.0 cm³/mol. The van der Waals surface area contributed by atoms with Crippen LogP contribution in [0.1, 0.15) is 31.0 Å². The number of nitrogens with one attached hydrogen (secondary N) is 1. The van der Waals surface area contributed by atoms with Gasteiger partial charge in [0.1, 0.15) is 0 Å². The third kappa shape index (κ3) is 1.46. The number of fused-ring (bicyclic) bond motifs is 1. The molecule has 2 aromatic rings. The van der Waals surface area contributed by atoms with E-state index >= 15 is 0 Å². The number of aromatic amines is 1. The molecule has 0 aliphatic rings. The lowest BCUT2D eigenvalue weighted by Crippen LogP contribution is -2.19. The van der Waals surface area contributed by atoms with E-state index in [4.69, 9.17) is 4.74 Å². The van der Waals surface area contributed by atoms with Crippen molar-refractivity contribution in [1.82, 2.24) is 19.6 Å². The van der Waals surface area contributed by atoms with Crippen molar-refractivity contribution in [2.45, 2.75) is 26.7 Å². The van der Waals surface area contributed by atoms with E-state index < -0.39 is 0 Å². The number of nitrogens with zero attached hydrogens (tertiary/aromatic N) is 3. The van der Waals surface area contributed by atoms with E-state index in [1.54, 1.807) is 4.52 Å². The molecule has 6 nitrogen and oxygen atoms in total. The molecule has 0 unspecified atom stereocenters. The van der Waals surface area contributed by atoms with Crippen molar-refractivity contribution in [3.05, 3.63) is 21.6 Å². The highest BCUT2D eigenvalue weighted by molar-refractivity contribution is 5.34. The first-order chi connectivity index (χ1) is 7.54. The van der Waals surface area contributed by atoms with E-state index in [0.29, 0.717) is 5.78 Å². The molecule has 0 bridgehead atoms. The molecule has 2 aromatic heterocycles. The maximum Gasteiger partial charge on any atom is 0.337 e. The van der Waals surface area contributed by atoms with Crippen LogP contribution < -0.4 is 10.3 Å². The first-order valence-corrected chi connectivity index (χ1v) is 5.08. The summed E-state index contributed by atoms with van der Waals surface area (Å²) in [7, 11) is 1.49. The number of aromatic nitrogens is 4. The Balaban J connectivity index is 2.81. The molecule has 0 saturated carbocycles. The SMILES string of the molecule is COc1nc2[nH]c(=O)c(C(C)C)c(C)n2n1. The third-order valence-electron chi connectivity index (χ3n) is 2.53. The molecule has 16 heavy (non-hydrogen) atoms. The minimum atomic E-state index is -0.116. The van der Waals surface area contributed by atoms with Crippen molar-refractivity contribution < 1.29 is 4.74 Å². The predicted octanol–water partition coefficient (Wildman–Crippen LogP) is 0.858. The van der Waals surface area contributed by atoms with Crippen LogP contribution in [0, 0.1) is 6.92 Å². The second kappa shape index (κ2) is 3.62. The van der Waals surface area contributed by atoms with Gasteiger partial charge in [0.2, 0.25) is 5.78 Å². The molecule has 0 atom stereocenters. The highest BCUT2D eigenvalue weighted by Gasteiger charge is 2.15. The summed E-state index contributed by atoms with van der Waals surface area (Å²) in [6.07, 6.45) is 0. The minimum Gasteiger partial charge on any atom is -0.466 e. The van der Waals surface area contributed by atoms with Crippen LogP contribution in [0.2, 0.25) is 0 Å². The van der Waals surface area contributed by atoms with Gasteiger partial charge in [0.25, 0.3) is 5.56 Å². The van der Waals surface area contributed by atoms with Crippen molar-refractivity contribution in [2.75, 3.05) is 7.11 Å². The van der Waals surface area contributed by atoms with E-state index in [1.807, 2.05) is 20.8 Å². The van der Waals surface area contributed by atoms with Gasteiger partial charge in [-0.3, -0.25) is 9.78 Å². The molecule has 2 rings (SSSR count). The van der Waals surface area contributed by atoms with Crippen molar-refractivity contribution in [3.8, 4) is 6.01 Å². The van der Waals surface area contributed by atoms with Gasteiger partial charge in [-0.05, 0) is 12.8 Å². The van der Waals surface area contributed by atoms with Crippen molar-refractivity contribution >= 4 is 5.78 Å². The zero-order valence-corrected chi connectivity index (χ0v) is 9.74. The number of ether oxygens (including phenoxy) is 1. The van der Waals surface area contributed by atoms with E-state index in [1.165, 1.54) is 7.11 Å². The maximum atomic E-state index is 11.8. The Hall–Kier alpha value is -1.85. The first kappa shape index (κ1) is 10.7. The lowest BCUT2D eigenvalue weighted by molar-refractivity contribution is 0.380. The topological polar surface area (TPSA) is 72.3 Å². The Morgan fingerprint density at radius 2 is 2.12 bits per heavy atom. The van der Waals surface area contributed by atoms with Crippen LogP contribution in [0.5, 0.6) is 6.01 Å². The Morgan fingerprint density at radius 3 is 2.69 bits per heavy atom. The van der Waals surface area contributed by atoms with Crippen LogP contribution in [0.4, 0.5) is 0 Å². The lowest BCUT2D eigenvalue weighted by atomic mass is 10.0. The Morgan fingerprint density at radius 1 is 1.44 bits per heavy atom. The summed E-state index contributed by atoms with van der Waals surface area (Å²) in [5, 5.41) is 4.13. The zero-order valence-electron chi connectivity index (χ0n) is 9.74. The van der Waals surface area contributed by atoms with Crippen molar-refractivity contribution in [1.29, 1.82) is 0 Å².